The average molecular weight is 349 g/mol. The summed E-state index contributed by atoms with van der Waals surface area (Å²) in [5.74, 6) is 1.59. The van der Waals surface area contributed by atoms with Crippen LogP contribution in [0, 0.1) is 20.8 Å². The Morgan fingerprint density at radius 3 is 2.29 bits per heavy atom. The molecule has 0 saturated heterocycles. The van der Waals surface area contributed by atoms with E-state index in [2.05, 4.69) is 48.8 Å². The molecule has 0 aliphatic heterocycles. The van der Waals surface area contributed by atoms with Crippen molar-refractivity contribution < 1.29 is 9.47 Å². The standard InChI is InChI=1S/C18H21BrO2/c1-12-8-13(2)16(14(3)9-12)11-21-18-15(10-19)6-5-7-17(18)20-4/h5-9H,10-11H2,1-4H3. The average Bonchev–Trinajstić information content (AvgIpc) is 2.45. The third-order valence-corrected chi connectivity index (χ3v) is 4.23. The van der Waals surface area contributed by atoms with Gasteiger partial charge in [0, 0.05) is 10.9 Å². The van der Waals surface area contributed by atoms with Crippen molar-refractivity contribution in [3.63, 3.8) is 0 Å². The van der Waals surface area contributed by atoms with Crippen LogP contribution in [0.1, 0.15) is 27.8 Å². The van der Waals surface area contributed by atoms with Gasteiger partial charge in [0.15, 0.2) is 11.5 Å². The molecule has 0 atom stereocenters. The molecule has 2 nitrogen and oxygen atoms in total. The van der Waals surface area contributed by atoms with Crippen LogP contribution in [-0.2, 0) is 11.9 Å². The van der Waals surface area contributed by atoms with E-state index >= 15 is 0 Å². The third kappa shape index (κ3) is 3.59. The fraction of sp³-hybridized carbons (Fsp3) is 0.333. The lowest BCUT2D eigenvalue weighted by atomic mass is 10.0. The molecule has 2 rings (SSSR count). The van der Waals surface area contributed by atoms with Gasteiger partial charge in [0.1, 0.15) is 6.61 Å². The summed E-state index contributed by atoms with van der Waals surface area (Å²) in [7, 11) is 1.67. The van der Waals surface area contributed by atoms with Crippen LogP contribution in [0.4, 0.5) is 0 Å². The maximum Gasteiger partial charge on any atom is 0.165 e. The predicted octanol–water partition coefficient (Wildman–Crippen LogP) is 5.09. The van der Waals surface area contributed by atoms with Crippen molar-refractivity contribution in [2.75, 3.05) is 7.11 Å². The zero-order chi connectivity index (χ0) is 15.4. The number of hydrogen-bond acceptors (Lipinski definition) is 2. The molecule has 0 bridgehead atoms. The van der Waals surface area contributed by atoms with E-state index in [-0.39, 0.29) is 0 Å². The molecule has 3 heteroatoms. The summed E-state index contributed by atoms with van der Waals surface area (Å²) >= 11 is 3.50. The summed E-state index contributed by atoms with van der Waals surface area (Å²) in [6.45, 7) is 6.94. The summed E-state index contributed by atoms with van der Waals surface area (Å²) in [5, 5.41) is 0.741. The van der Waals surface area contributed by atoms with Gasteiger partial charge >= 0.3 is 0 Å². The Bertz CT molecular complexity index is 590. The minimum atomic E-state index is 0.554. The van der Waals surface area contributed by atoms with Crippen molar-refractivity contribution in [3.05, 3.63) is 58.1 Å². The first-order valence-corrected chi connectivity index (χ1v) is 8.10. The molecule has 0 aromatic heterocycles. The van der Waals surface area contributed by atoms with Crippen molar-refractivity contribution >= 4 is 15.9 Å². The van der Waals surface area contributed by atoms with Crippen LogP contribution in [0.2, 0.25) is 0 Å². The number of benzene rings is 2. The molecule has 0 N–H and O–H groups in total. The highest BCUT2D eigenvalue weighted by atomic mass is 79.9. The first-order chi connectivity index (χ1) is 10.1. The molecule has 0 heterocycles. The van der Waals surface area contributed by atoms with Gasteiger partial charge in [-0.05, 0) is 43.5 Å². The molecule has 0 spiro atoms. The van der Waals surface area contributed by atoms with Gasteiger partial charge in [-0.2, -0.15) is 0 Å². The Balaban J connectivity index is 2.28. The van der Waals surface area contributed by atoms with Gasteiger partial charge in [-0.25, -0.2) is 0 Å². The topological polar surface area (TPSA) is 18.5 Å². The minimum absolute atomic E-state index is 0.554. The highest BCUT2D eigenvalue weighted by molar-refractivity contribution is 9.08. The van der Waals surface area contributed by atoms with E-state index in [9.17, 15) is 0 Å². The number of alkyl halides is 1. The van der Waals surface area contributed by atoms with Crippen LogP contribution in [0.15, 0.2) is 30.3 Å². The molecule has 0 aliphatic rings. The van der Waals surface area contributed by atoms with E-state index in [1.165, 1.54) is 22.3 Å². The highest BCUT2D eigenvalue weighted by Crippen LogP contribution is 2.33. The summed E-state index contributed by atoms with van der Waals surface area (Å²) in [6.07, 6.45) is 0. The van der Waals surface area contributed by atoms with Crippen molar-refractivity contribution in [2.24, 2.45) is 0 Å². The van der Waals surface area contributed by atoms with Gasteiger partial charge in [-0.3, -0.25) is 0 Å². The van der Waals surface area contributed by atoms with E-state index < -0.39 is 0 Å². The molecule has 0 aliphatic carbocycles. The second kappa shape index (κ2) is 6.99. The van der Waals surface area contributed by atoms with Gasteiger partial charge in [0.25, 0.3) is 0 Å². The molecule has 0 amide bonds. The minimum Gasteiger partial charge on any atom is -0.493 e. The molecule has 0 unspecified atom stereocenters. The number of para-hydroxylation sites is 1. The Morgan fingerprint density at radius 2 is 1.71 bits per heavy atom. The van der Waals surface area contributed by atoms with E-state index in [1.54, 1.807) is 7.11 Å². The van der Waals surface area contributed by atoms with Crippen LogP contribution in [0.25, 0.3) is 0 Å². The van der Waals surface area contributed by atoms with Gasteiger partial charge in [-0.15, -0.1) is 0 Å². The highest BCUT2D eigenvalue weighted by Gasteiger charge is 2.11. The molecule has 0 saturated carbocycles. The Kier molecular flexibility index (Phi) is 5.29. The fourth-order valence-electron chi connectivity index (χ4n) is 2.57. The lowest BCUT2D eigenvalue weighted by Crippen LogP contribution is -2.04. The summed E-state index contributed by atoms with van der Waals surface area (Å²) in [6, 6.07) is 10.3. The van der Waals surface area contributed by atoms with E-state index in [0.29, 0.717) is 6.61 Å². The lowest BCUT2D eigenvalue weighted by Gasteiger charge is -2.16. The maximum absolute atomic E-state index is 6.08. The lowest BCUT2D eigenvalue weighted by molar-refractivity contribution is 0.281. The largest absolute Gasteiger partial charge is 0.493 e. The Hall–Kier alpha value is -1.48. The second-order valence-corrected chi connectivity index (χ2v) is 5.81. The van der Waals surface area contributed by atoms with Crippen molar-refractivity contribution in [3.8, 4) is 11.5 Å². The van der Waals surface area contributed by atoms with Crippen molar-refractivity contribution in [1.29, 1.82) is 0 Å². The second-order valence-electron chi connectivity index (χ2n) is 5.25. The maximum atomic E-state index is 6.08. The Morgan fingerprint density at radius 1 is 1.05 bits per heavy atom. The van der Waals surface area contributed by atoms with Gasteiger partial charge < -0.3 is 9.47 Å². The van der Waals surface area contributed by atoms with E-state index in [0.717, 1.165) is 22.4 Å². The number of hydrogen-bond donors (Lipinski definition) is 0. The van der Waals surface area contributed by atoms with Crippen LogP contribution in [-0.4, -0.2) is 7.11 Å². The van der Waals surface area contributed by atoms with Crippen molar-refractivity contribution in [1.82, 2.24) is 0 Å². The summed E-state index contributed by atoms with van der Waals surface area (Å²) < 4.78 is 11.5. The van der Waals surface area contributed by atoms with Crippen LogP contribution in [0.5, 0.6) is 11.5 Å². The molecular weight excluding hydrogens is 328 g/mol. The van der Waals surface area contributed by atoms with Gasteiger partial charge in [-0.1, -0.05) is 45.8 Å². The molecule has 0 fully saturated rings. The van der Waals surface area contributed by atoms with Gasteiger partial charge in [0.05, 0.1) is 7.11 Å². The zero-order valence-corrected chi connectivity index (χ0v) is 14.6. The summed E-state index contributed by atoms with van der Waals surface area (Å²) in [4.78, 5) is 0. The zero-order valence-electron chi connectivity index (χ0n) is 13.0. The molecular formula is C18H21BrO2. The summed E-state index contributed by atoms with van der Waals surface area (Å²) in [5.41, 5.74) is 6.15. The molecule has 2 aromatic rings. The SMILES string of the molecule is COc1cccc(CBr)c1OCc1c(C)cc(C)cc1C. The number of ether oxygens (including phenoxy) is 2. The number of methoxy groups -OCH3 is 1. The first-order valence-electron chi connectivity index (χ1n) is 6.98. The number of halogens is 1. The molecule has 112 valence electrons. The number of rotatable bonds is 5. The predicted molar refractivity (Wildman–Crippen MR) is 90.6 cm³/mol. The van der Waals surface area contributed by atoms with Crippen LogP contribution >= 0.6 is 15.9 Å². The quantitative estimate of drug-likeness (QED) is 0.700. The Labute approximate surface area is 135 Å². The van der Waals surface area contributed by atoms with Gasteiger partial charge in [0.2, 0.25) is 0 Å². The normalized spacial score (nSPS) is 10.5. The third-order valence-electron chi connectivity index (χ3n) is 3.63. The van der Waals surface area contributed by atoms with Crippen molar-refractivity contribution in [2.45, 2.75) is 32.7 Å². The van der Waals surface area contributed by atoms with E-state index in [4.69, 9.17) is 9.47 Å². The van der Waals surface area contributed by atoms with Crippen LogP contribution in [0.3, 0.4) is 0 Å². The fourth-order valence-corrected chi connectivity index (χ4v) is 3.01. The monoisotopic (exact) mass is 348 g/mol. The smallest absolute Gasteiger partial charge is 0.165 e. The van der Waals surface area contributed by atoms with E-state index in [1.807, 2.05) is 18.2 Å². The number of aryl methyl sites for hydroxylation is 3. The molecule has 2 aromatic carbocycles. The molecule has 0 radical (unpaired) electrons. The van der Waals surface area contributed by atoms with Crippen LogP contribution < -0.4 is 9.47 Å². The molecule has 21 heavy (non-hydrogen) atoms. The first kappa shape index (κ1) is 15.9.